The molecule has 0 amide bonds. The maximum Gasteiger partial charge on any atom is 0.190 e. The van der Waals surface area contributed by atoms with Gasteiger partial charge in [0.25, 0.3) is 0 Å². The highest BCUT2D eigenvalue weighted by Crippen LogP contribution is 2.24. The van der Waals surface area contributed by atoms with E-state index < -0.39 is 11.6 Å². The minimum atomic E-state index is -1.07. The summed E-state index contributed by atoms with van der Waals surface area (Å²) in [6, 6.07) is 5.19. The Morgan fingerprint density at radius 3 is 2.86 bits per heavy atom. The van der Waals surface area contributed by atoms with E-state index in [4.69, 9.17) is 13.6 Å². The summed E-state index contributed by atoms with van der Waals surface area (Å²) in [7, 11) is 5.65. The highest BCUT2D eigenvalue weighted by molar-refractivity contribution is 6.32. The van der Waals surface area contributed by atoms with Gasteiger partial charge in [-0.25, -0.2) is 13.8 Å². The average molecular weight is 284 g/mol. The molecule has 9 heteroatoms. The number of hydrogen-bond acceptors (Lipinski definition) is 5. The third-order valence-corrected chi connectivity index (χ3v) is 2.81. The number of aromatic nitrogens is 5. The van der Waals surface area contributed by atoms with Gasteiger partial charge >= 0.3 is 0 Å². The van der Waals surface area contributed by atoms with Crippen LogP contribution in [0.1, 0.15) is 0 Å². The van der Waals surface area contributed by atoms with Crippen LogP contribution in [0.15, 0.2) is 30.5 Å². The summed E-state index contributed by atoms with van der Waals surface area (Å²) < 4.78 is 28.2. The van der Waals surface area contributed by atoms with Gasteiger partial charge in [0.2, 0.25) is 0 Å². The number of tetrazole rings is 1. The van der Waals surface area contributed by atoms with Crippen molar-refractivity contribution < 1.29 is 8.78 Å². The van der Waals surface area contributed by atoms with Crippen LogP contribution in [0, 0.1) is 11.6 Å². The summed E-state index contributed by atoms with van der Waals surface area (Å²) in [5.74, 6) is -1.84. The van der Waals surface area contributed by atoms with E-state index in [1.54, 1.807) is 0 Å². The average Bonchev–Trinajstić information content (AvgIpc) is 2.93. The second-order valence-corrected chi connectivity index (χ2v) is 4.19. The van der Waals surface area contributed by atoms with Crippen molar-refractivity contribution in [1.29, 1.82) is 0 Å². The first-order chi connectivity index (χ1) is 10.1. The number of halogens is 2. The molecule has 6 nitrogen and oxygen atoms in total. The number of benzene rings is 1. The molecular formula is C12H7BF2N6. The predicted molar refractivity (Wildman–Crippen MR) is 72.1 cm³/mol. The van der Waals surface area contributed by atoms with Crippen LogP contribution in [-0.4, -0.2) is 33.0 Å². The van der Waals surface area contributed by atoms with Crippen LogP contribution in [0.25, 0.3) is 17.1 Å². The van der Waals surface area contributed by atoms with E-state index in [2.05, 4.69) is 20.5 Å². The Morgan fingerprint density at radius 1 is 1.24 bits per heavy atom. The molecule has 3 rings (SSSR count). The van der Waals surface area contributed by atoms with Crippen molar-refractivity contribution in [2.75, 3.05) is 5.73 Å². The summed E-state index contributed by atoms with van der Waals surface area (Å²) >= 11 is 0. The van der Waals surface area contributed by atoms with Crippen molar-refractivity contribution in [2.45, 2.75) is 0 Å². The Hall–Kier alpha value is -2.84. The van der Waals surface area contributed by atoms with E-state index in [1.165, 1.54) is 24.4 Å². The van der Waals surface area contributed by atoms with Crippen LogP contribution in [-0.2, 0) is 0 Å². The van der Waals surface area contributed by atoms with E-state index in [-0.39, 0.29) is 17.3 Å². The maximum absolute atomic E-state index is 13.9. The Balaban J connectivity index is 2.22. The van der Waals surface area contributed by atoms with Gasteiger partial charge in [0.1, 0.15) is 19.4 Å². The van der Waals surface area contributed by atoms with Gasteiger partial charge < -0.3 is 5.73 Å². The zero-order valence-electron chi connectivity index (χ0n) is 10.5. The minimum absolute atomic E-state index is 0.108. The van der Waals surface area contributed by atoms with Crippen LogP contribution in [0.3, 0.4) is 0 Å². The van der Waals surface area contributed by atoms with Gasteiger partial charge in [0.15, 0.2) is 17.5 Å². The first-order valence-electron chi connectivity index (χ1n) is 5.82. The van der Waals surface area contributed by atoms with Crippen molar-refractivity contribution in [1.82, 2.24) is 25.2 Å². The molecule has 1 aromatic carbocycles. The summed E-state index contributed by atoms with van der Waals surface area (Å²) in [5.41, 5.74) is 6.27. The Labute approximate surface area is 119 Å². The van der Waals surface area contributed by atoms with E-state index in [1.807, 2.05) is 0 Å². The molecule has 0 atom stereocenters. The predicted octanol–water partition coefficient (Wildman–Crippen LogP) is 0.378. The number of pyridine rings is 1. The smallest absolute Gasteiger partial charge is 0.190 e. The normalized spacial score (nSPS) is 10.8. The molecule has 2 N–H and O–H groups in total. The molecule has 0 aliphatic heterocycles. The van der Waals surface area contributed by atoms with E-state index in [0.717, 1.165) is 10.7 Å². The van der Waals surface area contributed by atoms with Crippen molar-refractivity contribution in [3.8, 4) is 17.1 Å². The van der Waals surface area contributed by atoms with E-state index in [9.17, 15) is 8.78 Å². The van der Waals surface area contributed by atoms with Gasteiger partial charge in [-0.3, -0.25) is 0 Å². The second-order valence-electron chi connectivity index (χ2n) is 4.19. The summed E-state index contributed by atoms with van der Waals surface area (Å²) in [5, 5.41) is 10.9. The lowest BCUT2D eigenvalue weighted by Crippen LogP contribution is -2.10. The standard InChI is InChI=1S/C12H7BF2N6/c13-6-4-7(11(16)17-5-6)12-18-19-20-21(12)9-3-1-2-8(14)10(9)15/h1-5H,(H2,16,17). The fourth-order valence-corrected chi connectivity index (χ4v) is 1.84. The zero-order chi connectivity index (χ0) is 15.0. The van der Waals surface area contributed by atoms with Crippen LogP contribution in [0.5, 0.6) is 0 Å². The number of hydrogen-bond donors (Lipinski definition) is 1. The molecule has 102 valence electrons. The number of nitrogen functional groups attached to an aromatic ring is 1. The van der Waals surface area contributed by atoms with Crippen LogP contribution < -0.4 is 11.2 Å². The van der Waals surface area contributed by atoms with Crippen LogP contribution >= 0.6 is 0 Å². The van der Waals surface area contributed by atoms with Crippen molar-refractivity contribution in [2.24, 2.45) is 0 Å². The highest BCUT2D eigenvalue weighted by atomic mass is 19.2. The number of rotatable bonds is 2. The third kappa shape index (κ3) is 2.22. The molecule has 3 aromatic rings. The Bertz CT molecular complexity index is 803. The van der Waals surface area contributed by atoms with Crippen molar-refractivity contribution in [3.05, 3.63) is 42.1 Å². The molecular weight excluding hydrogens is 277 g/mol. The van der Waals surface area contributed by atoms with Crippen LogP contribution in [0.2, 0.25) is 0 Å². The molecule has 0 aliphatic carbocycles. The number of nitrogens with zero attached hydrogens (tertiary/aromatic N) is 5. The molecule has 0 fully saturated rings. The lowest BCUT2D eigenvalue weighted by Gasteiger charge is -2.08. The minimum Gasteiger partial charge on any atom is -0.383 e. The summed E-state index contributed by atoms with van der Waals surface area (Å²) in [6.45, 7) is 0. The maximum atomic E-state index is 13.9. The van der Waals surface area contributed by atoms with Gasteiger partial charge in [0, 0.05) is 6.20 Å². The van der Waals surface area contributed by atoms with E-state index in [0.29, 0.717) is 11.0 Å². The molecule has 2 radical (unpaired) electrons. The first kappa shape index (κ1) is 13.2. The quantitative estimate of drug-likeness (QED) is 0.688. The van der Waals surface area contributed by atoms with Gasteiger partial charge in [0.05, 0.1) is 5.56 Å². The summed E-state index contributed by atoms with van der Waals surface area (Å²) in [4.78, 5) is 3.89. The number of nitrogens with two attached hydrogens (primary N) is 1. The molecule has 0 bridgehead atoms. The molecule has 0 unspecified atom stereocenters. The number of anilines is 1. The van der Waals surface area contributed by atoms with Gasteiger partial charge in [-0.15, -0.1) is 5.10 Å². The first-order valence-corrected chi connectivity index (χ1v) is 5.82. The molecule has 0 saturated heterocycles. The van der Waals surface area contributed by atoms with Gasteiger partial charge in [-0.2, -0.15) is 4.68 Å². The lowest BCUT2D eigenvalue weighted by atomic mass is 9.96. The molecule has 0 saturated carbocycles. The largest absolute Gasteiger partial charge is 0.383 e. The fraction of sp³-hybridized carbons (Fsp3) is 0. The molecule has 0 spiro atoms. The molecule has 2 heterocycles. The van der Waals surface area contributed by atoms with E-state index >= 15 is 0 Å². The highest BCUT2D eigenvalue weighted by Gasteiger charge is 2.18. The Morgan fingerprint density at radius 2 is 2.05 bits per heavy atom. The topological polar surface area (TPSA) is 82.5 Å². The molecule has 21 heavy (non-hydrogen) atoms. The van der Waals surface area contributed by atoms with Gasteiger partial charge in [-0.05, 0) is 22.6 Å². The van der Waals surface area contributed by atoms with Crippen LogP contribution in [0.4, 0.5) is 14.6 Å². The van der Waals surface area contributed by atoms with Crippen molar-refractivity contribution >= 4 is 19.1 Å². The SMILES string of the molecule is [B]c1cnc(N)c(-c2nnnn2-c2cccc(F)c2F)c1. The Kier molecular flexibility index (Phi) is 3.09. The summed E-state index contributed by atoms with van der Waals surface area (Å²) in [6.07, 6.45) is 1.37. The van der Waals surface area contributed by atoms with Crippen molar-refractivity contribution in [3.63, 3.8) is 0 Å². The van der Waals surface area contributed by atoms with Gasteiger partial charge in [-0.1, -0.05) is 17.6 Å². The molecule has 0 aliphatic rings. The molecule has 2 aromatic heterocycles. The second kappa shape index (κ2) is 4.93. The zero-order valence-corrected chi connectivity index (χ0v) is 10.5. The monoisotopic (exact) mass is 284 g/mol. The lowest BCUT2D eigenvalue weighted by molar-refractivity contribution is 0.501. The third-order valence-electron chi connectivity index (χ3n) is 2.81. The fourth-order valence-electron chi connectivity index (χ4n) is 1.84.